The Hall–Kier alpha value is -1.04. The molecule has 3 aromatic heterocycles. The number of nitrogens with zero attached hydrogens (tertiary/aromatic N) is 2. The van der Waals surface area contributed by atoms with Crippen molar-refractivity contribution >= 4 is 50.1 Å². The summed E-state index contributed by atoms with van der Waals surface area (Å²) in [6.45, 7) is 2.85. The zero-order valence-electron chi connectivity index (χ0n) is 10.2. The van der Waals surface area contributed by atoms with Gasteiger partial charge in [0.25, 0.3) is 0 Å². The van der Waals surface area contributed by atoms with Crippen LogP contribution in [0.3, 0.4) is 0 Å². The molecule has 98 valence electrons. The third kappa shape index (κ3) is 2.50. The predicted octanol–water partition coefficient (Wildman–Crippen LogP) is 4.73. The maximum atomic E-state index is 6.06. The van der Waals surface area contributed by atoms with Crippen molar-refractivity contribution in [3.8, 4) is 0 Å². The molecule has 0 atom stereocenters. The molecule has 3 heterocycles. The van der Waals surface area contributed by atoms with E-state index < -0.39 is 0 Å². The van der Waals surface area contributed by atoms with Crippen molar-refractivity contribution in [1.29, 1.82) is 0 Å². The van der Waals surface area contributed by atoms with Crippen LogP contribution in [-0.2, 0) is 6.54 Å². The van der Waals surface area contributed by atoms with Gasteiger partial charge < -0.3 is 5.32 Å². The van der Waals surface area contributed by atoms with Gasteiger partial charge in [-0.15, -0.1) is 11.3 Å². The van der Waals surface area contributed by atoms with Gasteiger partial charge in [-0.2, -0.15) is 5.10 Å². The van der Waals surface area contributed by atoms with Crippen molar-refractivity contribution in [2.75, 3.05) is 5.32 Å². The van der Waals surface area contributed by atoms with Crippen LogP contribution >= 0.6 is 38.9 Å². The Bertz CT molecular complexity index is 721. The topological polar surface area (TPSA) is 29.3 Å². The Labute approximate surface area is 128 Å². The lowest BCUT2D eigenvalue weighted by Gasteiger charge is -2.08. The number of anilines is 1. The van der Waals surface area contributed by atoms with Crippen LogP contribution in [0.5, 0.6) is 0 Å². The van der Waals surface area contributed by atoms with Crippen LogP contribution < -0.4 is 5.32 Å². The fraction of sp³-hybridized carbons (Fsp3) is 0.154. The fourth-order valence-corrected chi connectivity index (χ4v) is 3.22. The first-order valence-electron chi connectivity index (χ1n) is 5.75. The zero-order valence-corrected chi connectivity index (χ0v) is 13.3. The Morgan fingerprint density at radius 2 is 2.37 bits per heavy atom. The van der Waals surface area contributed by atoms with Crippen LogP contribution in [0.25, 0.3) is 5.52 Å². The molecule has 0 aromatic carbocycles. The average Bonchev–Trinajstić information content (AvgIpc) is 2.96. The van der Waals surface area contributed by atoms with Gasteiger partial charge in [0.1, 0.15) is 0 Å². The molecule has 0 saturated carbocycles. The van der Waals surface area contributed by atoms with Crippen molar-refractivity contribution in [2.24, 2.45) is 0 Å². The molecule has 3 rings (SSSR count). The first-order chi connectivity index (χ1) is 9.15. The third-order valence-corrected chi connectivity index (χ3v) is 4.79. The SMILES string of the molecule is Cc1c(Br)cn2nc(Cl)cc(NCc3cccs3)c12. The number of hydrogen-bond acceptors (Lipinski definition) is 3. The van der Waals surface area contributed by atoms with Gasteiger partial charge in [0.15, 0.2) is 5.15 Å². The highest BCUT2D eigenvalue weighted by atomic mass is 79.9. The molecule has 0 spiro atoms. The van der Waals surface area contributed by atoms with E-state index in [0.717, 1.165) is 27.8 Å². The van der Waals surface area contributed by atoms with E-state index in [2.05, 4.69) is 50.8 Å². The summed E-state index contributed by atoms with van der Waals surface area (Å²) in [6, 6.07) is 6.03. The number of fused-ring (bicyclic) bond motifs is 1. The molecule has 0 unspecified atom stereocenters. The Morgan fingerprint density at radius 1 is 1.53 bits per heavy atom. The number of hydrogen-bond donors (Lipinski definition) is 1. The third-order valence-electron chi connectivity index (χ3n) is 2.93. The van der Waals surface area contributed by atoms with Crippen molar-refractivity contribution in [3.63, 3.8) is 0 Å². The number of rotatable bonds is 3. The molecule has 0 bridgehead atoms. The van der Waals surface area contributed by atoms with E-state index in [9.17, 15) is 0 Å². The summed E-state index contributed by atoms with van der Waals surface area (Å²) in [7, 11) is 0. The lowest BCUT2D eigenvalue weighted by atomic mass is 10.2. The van der Waals surface area contributed by atoms with Gasteiger partial charge in [-0.25, -0.2) is 4.52 Å². The van der Waals surface area contributed by atoms with Crippen LogP contribution in [0, 0.1) is 6.92 Å². The molecule has 0 aliphatic carbocycles. The van der Waals surface area contributed by atoms with Crippen LogP contribution in [0.2, 0.25) is 5.15 Å². The molecule has 3 aromatic rings. The minimum atomic E-state index is 0.476. The summed E-state index contributed by atoms with van der Waals surface area (Å²) >= 11 is 11.3. The van der Waals surface area contributed by atoms with Gasteiger partial charge in [-0.05, 0) is 39.9 Å². The second-order valence-corrected chi connectivity index (χ2v) is 6.48. The van der Waals surface area contributed by atoms with E-state index in [4.69, 9.17) is 11.6 Å². The minimum Gasteiger partial charge on any atom is -0.378 e. The molecule has 3 nitrogen and oxygen atoms in total. The quantitative estimate of drug-likeness (QED) is 0.735. The number of thiophene rings is 1. The van der Waals surface area contributed by atoms with E-state index in [0.29, 0.717) is 5.15 Å². The van der Waals surface area contributed by atoms with Crippen molar-refractivity contribution in [1.82, 2.24) is 9.61 Å². The summed E-state index contributed by atoms with van der Waals surface area (Å²) in [5, 5.41) is 10.3. The van der Waals surface area contributed by atoms with E-state index in [1.165, 1.54) is 4.88 Å². The van der Waals surface area contributed by atoms with Crippen LogP contribution in [0.4, 0.5) is 5.69 Å². The summed E-state index contributed by atoms with van der Waals surface area (Å²) in [5.74, 6) is 0. The lowest BCUT2D eigenvalue weighted by Crippen LogP contribution is -2.02. The van der Waals surface area contributed by atoms with Gasteiger partial charge in [0.2, 0.25) is 0 Å². The molecular weight excluding hydrogens is 346 g/mol. The normalized spacial score (nSPS) is 11.1. The molecule has 6 heteroatoms. The zero-order chi connectivity index (χ0) is 13.4. The van der Waals surface area contributed by atoms with Crippen molar-refractivity contribution in [2.45, 2.75) is 13.5 Å². The lowest BCUT2D eigenvalue weighted by molar-refractivity contribution is 0.937. The van der Waals surface area contributed by atoms with Gasteiger partial charge in [0.05, 0.1) is 11.2 Å². The maximum Gasteiger partial charge on any atom is 0.152 e. The molecule has 0 aliphatic rings. The van der Waals surface area contributed by atoms with Crippen LogP contribution in [0.1, 0.15) is 10.4 Å². The van der Waals surface area contributed by atoms with E-state index >= 15 is 0 Å². The first-order valence-corrected chi connectivity index (χ1v) is 7.80. The van der Waals surface area contributed by atoms with Gasteiger partial charge >= 0.3 is 0 Å². The molecular formula is C13H11BrClN3S. The Morgan fingerprint density at radius 3 is 3.11 bits per heavy atom. The average molecular weight is 357 g/mol. The smallest absolute Gasteiger partial charge is 0.152 e. The predicted molar refractivity (Wildman–Crippen MR) is 84.3 cm³/mol. The molecule has 0 saturated heterocycles. The second kappa shape index (κ2) is 5.15. The molecule has 1 N–H and O–H groups in total. The van der Waals surface area contributed by atoms with E-state index in [1.54, 1.807) is 15.9 Å². The van der Waals surface area contributed by atoms with Crippen molar-refractivity contribution < 1.29 is 0 Å². The molecule has 0 fully saturated rings. The minimum absolute atomic E-state index is 0.476. The first kappa shape index (κ1) is 13.0. The van der Waals surface area contributed by atoms with Gasteiger partial charge in [-0.3, -0.25) is 0 Å². The van der Waals surface area contributed by atoms with E-state index in [1.807, 2.05) is 12.3 Å². The summed E-state index contributed by atoms with van der Waals surface area (Å²) < 4.78 is 2.83. The summed E-state index contributed by atoms with van der Waals surface area (Å²) in [5.41, 5.74) is 3.20. The summed E-state index contributed by atoms with van der Waals surface area (Å²) in [6.07, 6.45) is 1.92. The van der Waals surface area contributed by atoms with Crippen LogP contribution in [0.15, 0.2) is 34.2 Å². The highest BCUT2D eigenvalue weighted by Gasteiger charge is 2.11. The molecule has 0 amide bonds. The maximum absolute atomic E-state index is 6.06. The fourth-order valence-electron chi connectivity index (χ4n) is 2.01. The standard InChI is InChI=1S/C13H11BrClN3S/c1-8-10(14)7-18-13(8)11(5-12(15)17-18)16-6-9-3-2-4-19-9/h2-5,7,16H,6H2,1H3. The highest BCUT2D eigenvalue weighted by Crippen LogP contribution is 2.30. The molecule has 0 radical (unpaired) electrons. The van der Waals surface area contributed by atoms with Gasteiger partial charge in [0, 0.05) is 28.2 Å². The Kier molecular flexibility index (Phi) is 3.52. The largest absolute Gasteiger partial charge is 0.378 e. The van der Waals surface area contributed by atoms with E-state index in [-0.39, 0.29) is 0 Å². The number of aromatic nitrogens is 2. The molecule has 19 heavy (non-hydrogen) atoms. The van der Waals surface area contributed by atoms with Crippen molar-refractivity contribution in [3.05, 3.63) is 49.8 Å². The highest BCUT2D eigenvalue weighted by molar-refractivity contribution is 9.10. The summed E-state index contributed by atoms with van der Waals surface area (Å²) in [4.78, 5) is 1.29. The van der Waals surface area contributed by atoms with Gasteiger partial charge in [-0.1, -0.05) is 17.7 Å². The number of aryl methyl sites for hydroxylation is 1. The second-order valence-electron chi connectivity index (χ2n) is 4.21. The monoisotopic (exact) mass is 355 g/mol. The Balaban J connectivity index is 2.01. The number of nitrogens with one attached hydrogen (secondary N) is 1. The molecule has 0 aliphatic heterocycles. The number of halogens is 2. The van der Waals surface area contributed by atoms with Crippen LogP contribution in [-0.4, -0.2) is 9.61 Å².